The monoisotopic (exact) mass is 178 g/mol. The van der Waals surface area contributed by atoms with Crippen LogP contribution in [0.3, 0.4) is 0 Å². The molecule has 2 fully saturated rings. The van der Waals surface area contributed by atoms with E-state index in [4.69, 9.17) is 0 Å². The molecule has 0 aliphatic heterocycles. The van der Waals surface area contributed by atoms with Gasteiger partial charge in [-0.25, -0.2) is 0 Å². The molecule has 0 aromatic carbocycles. The highest BCUT2D eigenvalue weighted by atomic mass is 16.1. The zero-order valence-corrected chi connectivity index (χ0v) is 8.44. The van der Waals surface area contributed by atoms with Gasteiger partial charge in [-0.15, -0.1) is 0 Å². The van der Waals surface area contributed by atoms with Crippen molar-refractivity contribution in [3.05, 3.63) is 12.2 Å². The molecule has 0 saturated heterocycles. The number of allylic oxidation sites excluding steroid dienone is 1. The lowest BCUT2D eigenvalue weighted by Crippen LogP contribution is -2.26. The lowest BCUT2D eigenvalue weighted by atomic mass is 9.72. The average molecular weight is 178 g/mol. The third-order valence-electron chi connectivity index (χ3n) is 3.77. The zero-order valence-electron chi connectivity index (χ0n) is 8.44. The quantitative estimate of drug-likeness (QED) is 0.521. The van der Waals surface area contributed by atoms with Gasteiger partial charge in [-0.2, -0.15) is 0 Å². The molecule has 2 aliphatic carbocycles. The molecule has 2 rings (SSSR count). The third kappa shape index (κ3) is 1.56. The van der Waals surface area contributed by atoms with E-state index in [1.54, 1.807) is 0 Å². The van der Waals surface area contributed by atoms with Crippen molar-refractivity contribution in [3.8, 4) is 0 Å². The minimum atomic E-state index is 0.339. The first-order chi connectivity index (χ1) is 6.11. The molecule has 72 valence electrons. The SMILES string of the molecule is C=C1C[C@@]2(CCCC(=O)C2)CC1C. The van der Waals surface area contributed by atoms with Crippen LogP contribution in [0.2, 0.25) is 0 Å². The number of carbonyl (C=O) groups excluding carboxylic acids is 1. The summed E-state index contributed by atoms with van der Waals surface area (Å²) in [4.78, 5) is 11.4. The van der Waals surface area contributed by atoms with Crippen LogP contribution in [0.25, 0.3) is 0 Å². The minimum Gasteiger partial charge on any atom is -0.300 e. The van der Waals surface area contributed by atoms with Crippen molar-refractivity contribution in [2.75, 3.05) is 0 Å². The molecule has 1 spiro atoms. The Bertz CT molecular complexity index is 250. The fourth-order valence-corrected chi connectivity index (χ4v) is 3.10. The van der Waals surface area contributed by atoms with E-state index in [-0.39, 0.29) is 0 Å². The van der Waals surface area contributed by atoms with Crippen molar-refractivity contribution < 1.29 is 4.79 Å². The van der Waals surface area contributed by atoms with Gasteiger partial charge in [0.1, 0.15) is 5.78 Å². The second-order valence-corrected chi connectivity index (χ2v) is 5.01. The number of carbonyl (C=O) groups is 1. The van der Waals surface area contributed by atoms with Crippen LogP contribution < -0.4 is 0 Å². The third-order valence-corrected chi connectivity index (χ3v) is 3.77. The standard InChI is InChI=1S/C12H18O/c1-9-6-12(7-10(9)2)5-3-4-11(13)8-12/h10H,1,3-8H2,2H3/t10?,12-/m0/s1. The van der Waals surface area contributed by atoms with E-state index < -0.39 is 0 Å². The van der Waals surface area contributed by atoms with Crippen molar-refractivity contribution in [1.82, 2.24) is 0 Å². The van der Waals surface area contributed by atoms with Crippen molar-refractivity contribution >= 4 is 5.78 Å². The van der Waals surface area contributed by atoms with Gasteiger partial charge in [-0.1, -0.05) is 19.1 Å². The normalized spacial score (nSPS) is 40.2. The van der Waals surface area contributed by atoms with Gasteiger partial charge in [0, 0.05) is 12.8 Å². The smallest absolute Gasteiger partial charge is 0.133 e. The molecule has 2 aliphatic rings. The van der Waals surface area contributed by atoms with Gasteiger partial charge in [-0.05, 0) is 37.0 Å². The minimum absolute atomic E-state index is 0.339. The summed E-state index contributed by atoms with van der Waals surface area (Å²) in [7, 11) is 0. The first kappa shape index (κ1) is 8.98. The van der Waals surface area contributed by atoms with E-state index in [0.717, 1.165) is 25.7 Å². The van der Waals surface area contributed by atoms with Gasteiger partial charge in [0.05, 0.1) is 0 Å². The summed E-state index contributed by atoms with van der Waals surface area (Å²) < 4.78 is 0. The molecule has 0 heterocycles. The molecule has 0 radical (unpaired) electrons. The van der Waals surface area contributed by atoms with E-state index in [1.165, 1.54) is 18.4 Å². The van der Waals surface area contributed by atoms with Crippen LogP contribution in [-0.4, -0.2) is 5.78 Å². The topological polar surface area (TPSA) is 17.1 Å². The fourth-order valence-electron chi connectivity index (χ4n) is 3.10. The Morgan fingerprint density at radius 3 is 2.77 bits per heavy atom. The maximum atomic E-state index is 11.4. The van der Waals surface area contributed by atoms with Gasteiger partial charge in [-0.3, -0.25) is 4.79 Å². The summed E-state index contributed by atoms with van der Waals surface area (Å²) in [5, 5.41) is 0. The molecular weight excluding hydrogens is 160 g/mol. The van der Waals surface area contributed by atoms with Gasteiger partial charge < -0.3 is 0 Å². The molecule has 2 saturated carbocycles. The Morgan fingerprint density at radius 2 is 2.23 bits per heavy atom. The molecule has 1 heteroatoms. The van der Waals surface area contributed by atoms with Gasteiger partial charge in [0.15, 0.2) is 0 Å². The van der Waals surface area contributed by atoms with Crippen LogP contribution in [0.5, 0.6) is 0 Å². The first-order valence-electron chi connectivity index (χ1n) is 5.31. The summed E-state index contributed by atoms with van der Waals surface area (Å²) in [5.74, 6) is 1.12. The van der Waals surface area contributed by atoms with Crippen LogP contribution in [-0.2, 0) is 4.79 Å². The van der Waals surface area contributed by atoms with Crippen molar-refractivity contribution in [2.24, 2.45) is 11.3 Å². The fraction of sp³-hybridized carbons (Fsp3) is 0.750. The van der Waals surface area contributed by atoms with Crippen LogP contribution in [0, 0.1) is 11.3 Å². The number of Topliss-reactive ketones (excluding diaryl/α,β-unsaturated/α-hetero) is 1. The Labute approximate surface area is 80.2 Å². The predicted molar refractivity (Wildman–Crippen MR) is 53.4 cm³/mol. The van der Waals surface area contributed by atoms with Crippen molar-refractivity contribution in [1.29, 1.82) is 0 Å². The lowest BCUT2D eigenvalue weighted by molar-refractivity contribution is -0.123. The zero-order chi connectivity index (χ0) is 9.47. The molecule has 0 bridgehead atoms. The highest BCUT2D eigenvalue weighted by Crippen LogP contribution is 2.52. The summed E-state index contributed by atoms with van der Waals surface area (Å²) in [6.07, 6.45) is 6.33. The Kier molecular flexibility index (Phi) is 2.05. The van der Waals surface area contributed by atoms with E-state index in [1.807, 2.05) is 0 Å². The van der Waals surface area contributed by atoms with E-state index in [9.17, 15) is 4.79 Å². The second-order valence-electron chi connectivity index (χ2n) is 5.01. The molecule has 0 aromatic heterocycles. The highest BCUT2D eigenvalue weighted by molar-refractivity contribution is 5.80. The highest BCUT2D eigenvalue weighted by Gasteiger charge is 2.42. The Balaban J connectivity index is 2.13. The second kappa shape index (κ2) is 2.97. The van der Waals surface area contributed by atoms with E-state index in [0.29, 0.717) is 17.1 Å². The van der Waals surface area contributed by atoms with Crippen LogP contribution >= 0.6 is 0 Å². The van der Waals surface area contributed by atoms with Gasteiger partial charge in [0.25, 0.3) is 0 Å². The molecular formula is C12H18O. The molecule has 1 unspecified atom stereocenters. The molecule has 0 aromatic rings. The van der Waals surface area contributed by atoms with E-state index in [2.05, 4.69) is 13.5 Å². The van der Waals surface area contributed by atoms with Crippen molar-refractivity contribution in [2.45, 2.75) is 45.4 Å². The summed E-state index contributed by atoms with van der Waals surface area (Å²) in [6.45, 7) is 6.34. The van der Waals surface area contributed by atoms with Crippen LogP contribution in [0.1, 0.15) is 45.4 Å². The maximum absolute atomic E-state index is 11.4. The molecule has 2 atom stereocenters. The summed E-state index contributed by atoms with van der Waals surface area (Å²) >= 11 is 0. The number of rotatable bonds is 0. The summed E-state index contributed by atoms with van der Waals surface area (Å²) in [5.41, 5.74) is 1.71. The average Bonchev–Trinajstić information content (AvgIpc) is 2.26. The maximum Gasteiger partial charge on any atom is 0.133 e. The van der Waals surface area contributed by atoms with Gasteiger partial charge >= 0.3 is 0 Å². The Morgan fingerprint density at radius 1 is 1.46 bits per heavy atom. The summed E-state index contributed by atoms with van der Waals surface area (Å²) in [6, 6.07) is 0. The number of hydrogen-bond donors (Lipinski definition) is 0. The number of ketones is 1. The van der Waals surface area contributed by atoms with Crippen LogP contribution in [0.4, 0.5) is 0 Å². The molecule has 13 heavy (non-hydrogen) atoms. The molecule has 1 nitrogen and oxygen atoms in total. The number of hydrogen-bond acceptors (Lipinski definition) is 1. The van der Waals surface area contributed by atoms with Gasteiger partial charge in [0.2, 0.25) is 0 Å². The first-order valence-corrected chi connectivity index (χ1v) is 5.31. The predicted octanol–water partition coefficient (Wildman–Crippen LogP) is 3.10. The largest absolute Gasteiger partial charge is 0.300 e. The van der Waals surface area contributed by atoms with Crippen LogP contribution in [0.15, 0.2) is 12.2 Å². The van der Waals surface area contributed by atoms with Crippen molar-refractivity contribution in [3.63, 3.8) is 0 Å². The van der Waals surface area contributed by atoms with E-state index >= 15 is 0 Å². The Hall–Kier alpha value is -0.590. The lowest BCUT2D eigenvalue weighted by Gasteiger charge is -2.32. The molecule has 0 N–H and O–H groups in total. The molecule has 0 amide bonds.